The highest BCUT2D eigenvalue weighted by atomic mass is 16.5. The second-order valence-corrected chi connectivity index (χ2v) is 4.97. The maximum absolute atomic E-state index is 9.51. The zero-order valence-electron chi connectivity index (χ0n) is 11.8. The third-order valence-corrected chi connectivity index (χ3v) is 2.85. The van der Waals surface area contributed by atoms with Crippen LogP contribution < -0.4 is 9.47 Å². The fourth-order valence-corrected chi connectivity index (χ4v) is 1.74. The molecule has 1 aromatic carbocycles. The molecule has 0 aliphatic carbocycles. The second-order valence-electron chi connectivity index (χ2n) is 4.97. The Morgan fingerprint density at radius 1 is 1.17 bits per heavy atom. The minimum atomic E-state index is -0.492. The number of hydrogen-bond donors (Lipinski definition) is 1. The average molecular weight is 252 g/mol. The van der Waals surface area contributed by atoms with Crippen LogP contribution in [0.5, 0.6) is 11.5 Å². The van der Waals surface area contributed by atoms with E-state index in [1.165, 1.54) is 0 Å². The van der Waals surface area contributed by atoms with Gasteiger partial charge in [-0.1, -0.05) is 19.9 Å². The first kappa shape index (κ1) is 14.8. The summed E-state index contributed by atoms with van der Waals surface area (Å²) in [5.74, 6) is 2.12. The summed E-state index contributed by atoms with van der Waals surface area (Å²) in [5.41, 5.74) is 0.835. The van der Waals surface area contributed by atoms with E-state index in [-0.39, 0.29) is 0 Å². The first-order valence-corrected chi connectivity index (χ1v) is 6.53. The minimum Gasteiger partial charge on any atom is -0.493 e. The molecular formula is C15H24O3. The summed E-state index contributed by atoms with van der Waals surface area (Å²) in [6.07, 6.45) is 1.71. The molecule has 0 heterocycles. The third-order valence-electron chi connectivity index (χ3n) is 2.85. The molecule has 3 heteroatoms. The lowest BCUT2D eigenvalue weighted by Crippen LogP contribution is -2.02. The van der Waals surface area contributed by atoms with Crippen LogP contribution in [-0.2, 0) is 0 Å². The maximum atomic E-state index is 9.51. The van der Waals surface area contributed by atoms with Crippen molar-refractivity contribution in [2.75, 3.05) is 13.7 Å². The van der Waals surface area contributed by atoms with Crippen molar-refractivity contribution in [3.05, 3.63) is 23.8 Å². The van der Waals surface area contributed by atoms with Crippen LogP contribution >= 0.6 is 0 Å². The molecule has 0 amide bonds. The van der Waals surface area contributed by atoms with Crippen LogP contribution in [-0.4, -0.2) is 18.8 Å². The Bertz CT molecular complexity index is 359. The van der Waals surface area contributed by atoms with Crippen molar-refractivity contribution < 1.29 is 14.6 Å². The van der Waals surface area contributed by atoms with E-state index in [0.717, 1.165) is 24.2 Å². The monoisotopic (exact) mass is 252 g/mol. The zero-order valence-corrected chi connectivity index (χ0v) is 11.8. The van der Waals surface area contributed by atoms with Gasteiger partial charge in [0.25, 0.3) is 0 Å². The summed E-state index contributed by atoms with van der Waals surface area (Å²) >= 11 is 0. The van der Waals surface area contributed by atoms with E-state index >= 15 is 0 Å². The lowest BCUT2D eigenvalue weighted by atomic mass is 10.1. The van der Waals surface area contributed by atoms with Crippen LogP contribution in [0.3, 0.4) is 0 Å². The quantitative estimate of drug-likeness (QED) is 0.754. The number of rotatable bonds is 7. The summed E-state index contributed by atoms with van der Waals surface area (Å²) in [6, 6.07) is 5.55. The minimum absolute atomic E-state index is 0.492. The van der Waals surface area contributed by atoms with Crippen molar-refractivity contribution >= 4 is 0 Å². The zero-order chi connectivity index (χ0) is 13.5. The van der Waals surface area contributed by atoms with Crippen molar-refractivity contribution in [2.45, 2.75) is 39.7 Å². The van der Waals surface area contributed by atoms with Crippen LogP contribution in [0.2, 0.25) is 0 Å². The van der Waals surface area contributed by atoms with Crippen LogP contribution in [0.15, 0.2) is 18.2 Å². The fourth-order valence-electron chi connectivity index (χ4n) is 1.74. The molecule has 0 fully saturated rings. The highest BCUT2D eigenvalue weighted by molar-refractivity contribution is 5.43. The summed E-state index contributed by atoms with van der Waals surface area (Å²) in [7, 11) is 1.61. The standard InChI is InChI=1S/C15H24O3/c1-11(2)6-5-9-18-14-8-7-13(12(3)16)10-15(14)17-4/h7-8,10-12,16H,5-6,9H2,1-4H3/t12-/m1/s1. The lowest BCUT2D eigenvalue weighted by molar-refractivity contribution is 0.198. The van der Waals surface area contributed by atoms with Gasteiger partial charge in [0, 0.05) is 0 Å². The predicted octanol–water partition coefficient (Wildman–Crippen LogP) is 3.56. The van der Waals surface area contributed by atoms with Crippen LogP contribution in [0.4, 0.5) is 0 Å². The summed E-state index contributed by atoms with van der Waals surface area (Å²) in [5, 5.41) is 9.51. The number of ether oxygens (including phenoxy) is 2. The van der Waals surface area contributed by atoms with Gasteiger partial charge < -0.3 is 14.6 Å². The SMILES string of the molecule is COc1cc([C@@H](C)O)ccc1OCCCC(C)C. The van der Waals surface area contributed by atoms with Crippen molar-refractivity contribution in [2.24, 2.45) is 5.92 Å². The molecule has 3 nitrogen and oxygen atoms in total. The molecule has 0 aromatic heterocycles. The lowest BCUT2D eigenvalue weighted by Gasteiger charge is -2.13. The Labute approximate surface area is 110 Å². The van der Waals surface area contributed by atoms with E-state index in [9.17, 15) is 5.11 Å². The van der Waals surface area contributed by atoms with Gasteiger partial charge in [-0.25, -0.2) is 0 Å². The second kappa shape index (κ2) is 7.27. The molecule has 1 aromatic rings. The van der Waals surface area contributed by atoms with E-state index in [4.69, 9.17) is 9.47 Å². The smallest absolute Gasteiger partial charge is 0.161 e. The molecule has 0 saturated carbocycles. The van der Waals surface area contributed by atoms with E-state index in [1.54, 1.807) is 14.0 Å². The van der Waals surface area contributed by atoms with Crippen LogP contribution in [0, 0.1) is 5.92 Å². The highest BCUT2D eigenvalue weighted by Gasteiger charge is 2.08. The van der Waals surface area contributed by atoms with E-state index in [1.807, 2.05) is 18.2 Å². The van der Waals surface area contributed by atoms with Gasteiger partial charge in [-0.2, -0.15) is 0 Å². The average Bonchev–Trinajstić information content (AvgIpc) is 2.34. The van der Waals surface area contributed by atoms with Crippen molar-refractivity contribution in [3.63, 3.8) is 0 Å². The number of aliphatic hydroxyl groups is 1. The molecule has 0 aliphatic heterocycles. The van der Waals surface area contributed by atoms with Gasteiger partial charge >= 0.3 is 0 Å². The van der Waals surface area contributed by atoms with Gasteiger partial charge in [0.1, 0.15) is 0 Å². The topological polar surface area (TPSA) is 38.7 Å². The molecule has 1 N–H and O–H groups in total. The van der Waals surface area contributed by atoms with Crippen LogP contribution in [0.1, 0.15) is 45.3 Å². The van der Waals surface area contributed by atoms with Gasteiger partial charge in [0.15, 0.2) is 11.5 Å². The number of methoxy groups -OCH3 is 1. The molecule has 102 valence electrons. The summed E-state index contributed by atoms with van der Waals surface area (Å²) in [4.78, 5) is 0. The van der Waals surface area contributed by atoms with Gasteiger partial charge in [-0.05, 0) is 43.4 Å². The molecular weight excluding hydrogens is 228 g/mol. The molecule has 1 rings (SSSR count). The molecule has 0 spiro atoms. The Kier molecular flexibility index (Phi) is 5.99. The molecule has 0 unspecified atom stereocenters. The normalized spacial score (nSPS) is 12.6. The number of aliphatic hydroxyl groups excluding tert-OH is 1. The van der Waals surface area contributed by atoms with Gasteiger partial charge in [0.05, 0.1) is 19.8 Å². The summed E-state index contributed by atoms with van der Waals surface area (Å²) in [6.45, 7) is 6.84. The van der Waals surface area contributed by atoms with Crippen molar-refractivity contribution in [1.29, 1.82) is 0 Å². The van der Waals surface area contributed by atoms with Gasteiger partial charge in [-0.3, -0.25) is 0 Å². The fraction of sp³-hybridized carbons (Fsp3) is 0.600. The largest absolute Gasteiger partial charge is 0.493 e. The Morgan fingerprint density at radius 2 is 1.89 bits per heavy atom. The molecule has 0 radical (unpaired) electrons. The first-order chi connectivity index (χ1) is 8.54. The Hall–Kier alpha value is -1.22. The van der Waals surface area contributed by atoms with Gasteiger partial charge in [-0.15, -0.1) is 0 Å². The molecule has 0 bridgehead atoms. The number of benzene rings is 1. The Morgan fingerprint density at radius 3 is 2.44 bits per heavy atom. The molecule has 18 heavy (non-hydrogen) atoms. The summed E-state index contributed by atoms with van der Waals surface area (Å²) < 4.78 is 11.0. The van der Waals surface area contributed by atoms with E-state index in [0.29, 0.717) is 18.3 Å². The van der Waals surface area contributed by atoms with E-state index in [2.05, 4.69) is 13.8 Å². The van der Waals surface area contributed by atoms with Crippen LogP contribution in [0.25, 0.3) is 0 Å². The maximum Gasteiger partial charge on any atom is 0.161 e. The predicted molar refractivity (Wildman–Crippen MR) is 73.2 cm³/mol. The molecule has 0 aliphatic rings. The number of hydrogen-bond acceptors (Lipinski definition) is 3. The van der Waals surface area contributed by atoms with E-state index < -0.39 is 6.10 Å². The Balaban J connectivity index is 2.59. The molecule has 1 atom stereocenters. The molecule has 0 saturated heterocycles. The third kappa shape index (κ3) is 4.57. The first-order valence-electron chi connectivity index (χ1n) is 6.53. The van der Waals surface area contributed by atoms with Crippen molar-refractivity contribution in [1.82, 2.24) is 0 Å². The van der Waals surface area contributed by atoms with Crippen molar-refractivity contribution in [3.8, 4) is 11.5 Å². The highest BCUT2D eigenvalue weighted by Crippen LogP contribution is 2.30. The van der Waals surface area contributed by atoms with Gasteiger partial charge in [0.2, 0.25) is 0 Å².